The van der Waals surface area contributed by atoms with Crippen molar-refractivity contribution in [1.29, 1.82) is 0 Å². The fraction of sp³-hybridized carbons (Fsp3) is 0.917. The van der Waals surface area contributed by atoms with Crippen LogP contribution in [0.15, 0.2) is 0 Å². The molecule has 0 aromatic rings. The predicted molar refractivity (Wildman–Crippen MR) is 64.1 cm³/mol. The molecule has 2 aliphatic rings. The number of rotatable bonds is 3. The maximum Gasteiger partial charge on any atom is 0.237 e. The van der Waals surface area contributed by atoms with E-state index in [1.807, 2.05) is 4.90 Å². The summed E-state index contributed by atoms with van der Waals surface area (Å²) in [4.78, 5) is 16.2. The molecule has 0 spiro atoms. The van der Waals surface area contributed by atoms with Crippen LogP contribution in [0.4, 0.5) is 0 Å². The second-order valence-corrected chi connectivity index (χ2v) is 4.98. The smallest absolute Gasteiger partial charge is 0.237 e. The van der Waals surface area contributed by atoms with Gasteiger partial charge in [0.05, 0.1) is 12.7 Å². The topological polar surface area (TPSA) is 35.6 Å². The van der Waals surface area contributed by atoms with Gasteiger partial charge in [-0.25, -0.2) is 0 Å². The molecule has 2 fully saturated rings. The van der Waals surface area contributed by atoms with Gasteiger partial charge in [0.15, 0.2) is 0 Å². The molecule has 0 aliphatic carbocycles. The first-order chi connectivity index (χ1) is 7.72. The first kappa shape index (κ1) is 11.9. The van der Waals surface area contributed by atoms with Gasteiger partial charge in [-0.2, -0.15) is 0 Å². The van der Waals surface area contributed by atoms with E-state index in [0.29, 0.717) is 12.6 Å². The molecule has 4 nitrogen and oxygen atoms in total. The summed E-state index contributed by atoms with van der Waals surface area (Å²) in [6.45, 7) is 4.74. The lowest BCUT2D eigenvalue weighted by atomic mass is 10.0. The summed E-state index contributed by atoms with van der Waals surface area (Å²) in [6.07, 6.45) is 5.11. The molecule has 2 atom stereocenters. The average Bonchev–Trinajstić information content (AvgIpc) is 2.63. The fourth-order valence-corrected chi connectivity index (χ4v) is 2.79. The van der Waals surface area contributed by atoms with Gasteiger partial charge in [-0.05, 0) is 32.9 Å². The highest BCUT2D eigenvalue weighted by Gasteiger charge is 2.32. The number of carbonyl (C=O) groups excluding carboxylic acids is 1. The van der Waals surface area contributed by atoms with Crippen LogP contribution in [0.25, 0.3) is 0 Å². The number of amides is 1. The molecule has 0 bridgehead atoms. The van der Waals surface area contributed by atoms with Crippen molar-refractivity contribution in [3.05, 3.63) is 0 Å². The third kappa shape index (κ3) is 2.38. The number of likely N-dealkylation sites (tertiary alicyclic amines) is 1. The molecule has 2 aliphatic heterocycles. The maximum atomic E-state index is 11.8. The van der Waals surface area contributed by atoms with Gasteiger partial charge < -0.3 is 9.80 Å². The van der Waals surface area contributed by atoms with Gasteiger partial charge in [0.2, 0.25) is 5.91 Å². The van der Waals surface area contributed by atoms with Crippen molar-refractivity contribution in [3.8, 4) is 0 Å². The van der Waals surface area contributed by atoms with Crippen LogP contribution in [0.3, 0.4) is 0 Å². The quantitative estimate of drug-likeness (QED) is 0.765. The monoisotopic (exact) mass is 225 g/mol. The number of nitrogens with one attached hydrogen (secondary N) is 1. The van der Waals surface area contributed by atoms with E-state index in [4.69, 9.17) is 0 Å². The van der Waals surface area contributed by atoms with Gasteiger partial charge in [-0.15, -0.1) is 0 Å². The average molecular weight is 225 g/mol. The van der Waals surface area contributed by atoms with Crippen molar-refractivity contribution in [2.45, 2.75) is 44.8 Å². The van der Waals surface area contributed by atoms with Crippen molar-refractivity contribution in [1.82, 2.24) is 15.1 Å². The molecule has 2 rings (SSSR count). The van der Waals surface area contributed by atoms with Crippen LogP contribution in [-0.4, -0.2) is 54.6 Å². The Balaban J connectivity index is 1.94. The van der Waals surface area contributed by atoms with Gasteiger partial charge in [0.1, 0.15) is 0 Å². The lowest BCUT2D eigenvalue weighted by molar-refractivity contribution is -0.128. The highest BCUT2D eigenvalue weighted by Crippen LogP contribution is 2.18. The highest BCUT2D eigenvalue weighted by atomic mass is 16.2. The van der Waals surface area contributed by atoms with Gasteiger partial charge in [-0.1, -0.05) is 13.3 Å². The van der Waals surface area contributed by atoms with E-state index in [0.717, 1.165) is 13.0 Å². The zero-order valence-electron chi connectivity index (χ0n) is 10.4. The molecular formula is C12H23N3O. The Morgan fingerprint density at radius 1 is 1.44 bits per heavy atom. The summed E-state index contributed by atoms with van der Waals surface area (Å²) in [5, 5.41) is 3.27. The summed E-state index contributed by atoms with van der Waals surface area (Å²) in [5.41, 5.74) is 0. The molecule has 1 amide bonds. The molecular weight excluding hydrogens is 202 g/mol. The molecule has 92 valence electrons. The molecule has 0 aromatic heterocycles. The normalized spacial score (nSPS) is 32.4. The second kappa shape index (κ2) is 5.15. The molecule has 0 radical (unpaired) electrons. The SMILES string of the molecule is CCC1NCC(=O)N1CC1CCCCN1C. The number of hydrogen-bond acceptors (Lipinski definition) is 3. The van der Waals surface area contributed by atoms with Gasteiger partial charge >= 0.3 is 0 Å². The predicted octanol–water partition coefficient (Wildman–Crippen LogP) is 0.639. The van der Waals surface area contributed by atoms with Crippen LogP contribution in [0.5, 0.6) is 0 Å². The van der Waals surface area contributed by atoms with Crippen molar-refractivity contribution in [2.75, 3.05) is 26.7 Å². The molecule has 2 heterocycles. The van der Waals surface area contributed by atoms with E-state index >= 15 is 0 Å². The highest BCUT2D eigenvalue weighted by molar-refractivity contribution is 5.80. The third-order valence-electron chi connectivity index (χ3n) is 3.90. The van der Waals surface area contributed by atoms with E-state index in [9.17, 15) is 4.79 Å². The minimum absolute atomic E-state index is 0.267. The Bertz CT molecular complexity index is 257. The molecule has 0 aromatic carbocycles. The maximum absolute atomic E-state index is 11.8. The lowest BCUT2D eigenvalue weighted by Gasteiger charge is -2.36. The van der Waals surface area contributed by atoms with Crippen LogP contribution in [0.2, 0.25) is 0 Å². The zero-order valence-corrected chi connectivity index (χ0v) is 10.4. The van der Waals surface area contributed by atoms with Crippen molar-refractivity contribution in [2.24, 2.45) is 0 Å². The number of nitrogens with zero attached hydrogens (tertiary/aromatic N) is 2. The molecule has 16 heavy (non-hydrogen) atoms. The molecule has 1 N–H and O–H groups in total. The van der Waals surface area contributed by atoms with Crippen molar-refractivity contribution < 1.29 is 4.79 Å². The number of hydrogen-bond donors (Lipinski definition) is 1. The third-order valence-corrected chi connectivity index (χ3v) is 3.90. The summed E-state index contributed by atoms with van der Waals surface area (Å²) < 4.78 is 0. The first-order valence-electron chi connectivity index (χ1n) is 6.45. The van der Waals surface area contributed by atoms with Crippen LogP contribution in [-0.2, 0) is 4.79 Å². The molecule has 2 saturated heterocycles. The van der Waals surface area contributed by atoms with Gasteiger partial charge in [0.25, 0.3) is 0 Å². The van der Waals surface area contributed by atoms with Crippen molar-refractivity contribution >= 4 is 5.91 Å². The van der Waals surface area contributed by atoms with E-state index in [1.54, 1.807) is 0 Å². The molecule has 2 unspecified atom stereocenters. The summed E-state index contributed by atoms with van der Waals surface area (Å²) in [7, 11) is 2.18. The first-order valence-corrected chi connectivity index (χ1v) is 6.45. The molecule has 0 saturated carbocycles. The van der Waals surface area contributed by atoms with Gasteiger partial charge in [0, 0.05) is 12.6 Å². The number of piperidine rings is 1. The van der Waals surface area contributed by atoms with Gasteiger partial charge in [-0.3, -0.25) is 10.1 Å². The van der Waals surface area contributed by atoms with Crippen molar-refractivity contribution in [3.63, 3.8) is 0 Å². The second-order valence-electron chi connectivity index (χ2n) is 4.98. The standard InChI is InChI=1S/C12H23N3O/c1-3-11-13-8-12(16)15(11)9-10-6-4-5-7-14(10)2/h10-11,13H,3-9H2,1-2H3. The van der Waals surface area contributed by atoms with Crippen LogP contribution >= 0.6 is 0 Å². The summed E-state index contributed by atoms with van der Waals surface area (Å²) >= 11 is 0. The number of likely N-dealkylation sites (N-methyl/N-ethyl adjacent to an activating group) is 1. The van der Waals surface area contributed by atoms with E-state index in [1.165, 1.54) is 25.8 Å². The Morgan fingerprint density at radius 3 is 2.94 bits per heavy atom. The van der Waals surface area contributed by atoms with Crippen LogP contribution in [0, 0.1) is 0 Å². The Hall–Kier alpha value is -0.610. The zero-order chi connectivity index (χ0) is 11.5. The largest absolute Gasteiger partial charge is 0.324 e. The fourth-order valence-electron chi connectivity index (χ4n) is 2.79. The number of carbonyl (C=O) groups is 1. The molecule has 4 heteroatoms. The van der Waals surface area contributed by atoms with E-state index in [-0.39, 0.29) is 12.1 Å². The summed E-state index contributed by atoms with van der Waals surface area (Å²) in [5.74, 6) is 0.269. The minimum atomic E-state index is 0.267. The lowest BCUT2D eigenvalue weighted by Crippen LogP contribution is -2.48. The Labute approximate surface area is 98.0 Å². The van der Waals surface area contributed by atoms with E-state index in [2.05, 4.69) is 24.2 Å². The summed E-state index contributed by atoms with van der Waals surface area (Å²) in [6, 6.07) is 0.562. The van der Waals surface area contributed by atoms with E-state index < -0.39 is 0 Å². The van der Waals surface area contributed by atoms with Crippen LogP contribution in [0.1, 0.15) is 32.6 Å². The van der Waals surface area contributed by atoms with Crippen LogP contribution < -0.4 is 5.32 Å². The Kier molecular flexibility index (Phi) is 3.82. The Morgan fingerprint density at radius 2 is 2.25 bits per heavy atom. The minimum Gasteiger partial charge on any atom is -0.324 e.